The maximum Gasteiger partial charge on any atom is 0.223 e. The monoisotopic (exact) mass is 244 g/mol. The zero-order chi connectivity index (χ0) is 12.8. The first-order chi connectivity index (χ1) is 8.83. The van der Waals surface area contributed by atoms with Gasteiger partial charge in [0, 0.05) is 18.3 Å². The Labute approximate surface area is 106 Å². The molecule has 2 N–H and O–H groups in total. The third kappa shape index (κ3) is 2.99. The van der Waals surface area contributed by atoms with Crippen molar-refractivity contribution < 1.29 is 9.47 Å². The van der Waals surface area contributed by atoms with E-state index >= 15 is 0 Å². The van der Waals surface area contributed by atoms with E-state index in [9.17, 15) is 0 Å². The molecule has 0 fully saturated rings. The van der Waals surface area contributed by atoms with E-state index in [1.165, 1.54) is 0 Å². The zero-order valence-corrected chi connectivity index (χ0v) is 10.3. The predicted octanol–water partition coefficient (Wildman–Crippen LogP) is 2.73. The van der Waals surface area contributed by atoms with Gasteiger partial charge in [0.25, 0.3) is 0 Å². The van der Waals surface area contributed by atoms with Crippen LogP contribution in [-0.4, -0.2) is 11.6 Å². The highest BCUT2D eigenvalue weighted by molar-refractivity contribution is 5.35. The molecule has 2 aromatic rings. The highest BCUT2D eigenvalue weighted by Crippen LogP contribution is 2.24. The van der Waals surface area contributed by atoms with Crippen molar-refractivity contribution in [2.75, 3.05) is 6.61 Å². The lowest BCUT2D eigenvalue weighted by molar-refractivity contribution is 0.339. The molecule has 2 rings (SSSR count). The quantitative estimate of drug-likeness (QED) is 0.878. The summed E-state index contributed by atoms with van der Waals surface area (Å²) in [5.41, 5.74) is 6.51. The summed E-state index contributed by atoms with van der Waals surface area (Å²) in [4.78, 5) is 4.17. The van der Waals surface area contributed by atoms with Crippen LogP contribution in [0.2, 0.25) is 0 Å². The molecule has 0 spiro atoms. The molecular formula is C14H16N2O2. The number of hydrogen-bond acceptors (Lipinski definition) is 4. The number of pyridine rings is 1. The maximum atomic E-state index is 5.69. The Morgan fingerprint density at radius 1 is 1.11 bits per heavy atom. The van der Waals surface area contributed by atoms with Gasteiger partial charge in [0.05, 0.1) is 6.61 Å². The lowest BCUT2D eigenvalue weighted by Gasteiger charge is -2.09. The van der Waals surface area contributed by atoms with E-state index < -0.39 is 0 Å². The van der Waals surface area contributed by atoms with Gasteiger partial charge in [-0.2, -0.15) is 0 Å². The Hall–Kier alpha value is -2.07. The fraction of sp³-hybridized carbons (Fsp3) is 0.214. The molecule has 0 saturated heterocycles. The number of rotatable bonds is 5. The Kier molecular flexibility index (Phi) is 4.15. The molecule has 4 nitrogen and oxygen atoms in total. The van der Waals surface area contributed by atoms with Gasteiger partial charge in [0.15, 0.2) is 0 Å². The summed E-state index contributed by atoms with van der Waals surface area (Å²) in [5, 5.41) is 0. The Bertz CT molecular complexity index is 497. The van der Waals surface area contributed by atoms with Gasteiger partial charge in [0.1, 0.15) is 11.5 Å². The van der Waals surface area contributed by atoms with Crippen LogP contribution in [0, 0.1) is 0 Å². The minimum absolute atomic E-state index is 0.403. The maximum absolute atomic E-state index is 5.69. The van der Waals surface area contributed by atoms with Gasteiger partial charge >= 0.3 is 0 Å². The summed E-state index contributed by atoms with van der Waals surface area (Å²) in [7, 11) is 0. The molecular weight excluding hydrogens is 228 g/mol. The van der Waals surface area contributed by atoms with E-state index in [1.54, 1.807) is 6.20 Å². The third-order valence-corrected chi connectivity index (χ3v) is 2.42. The molecule has 0 atom stereocenters. The smallest absolute Gasteiger partial charge is 0.223 e. The molecule has 4 heteroatoms. The average Bonchev–Trinajstić information content (AvgIpc) is 2.42. The van der Waals surface area contributed by atoms with E-state index in [4.69, 9.17) is 15.2 Å². The zero-order valence-electron chi connectivity index (χ0n) is 10.3. The summed E-state index contributed by atoms with van der Waals surface area (Å²) < 4.78 is 11.1. The number of hydrogen-bond donors (Lipinski definition) is 1. The summed E-state index contributed by atoms with van der Waals surface area (Å²) >= 11 is 0. The standard InChI is InChI=1S/C14H16N2O2/c1-2-17-12-5-7-13(8-6-12)18-14-11(10-15)4-3-9-16-14/h3-9H,2,10,15H2,1H3. The van der Waals surface area contributed by atoms with Crippen molar-refractivity contribution in [3.05, 3.63) is 48.2 Å². The lowest BCUT2D eigenvalue weighted by Crippen LogP contribution is -2.00. The molecule has 0 bridgehead atoms. The van der Waals surface area contributed by atoms with E-state index in [-0.39, 0.29) is 0 Å². The van der Waals surface area contributed by atoms with Gasteiger partial charge in [-0.1, -0.05) is 6.07 Å². The molecule has 0 unspecified atom stereocenters. The van der Waals surface area contributed by atoms with Crippen LogP contribution in [0.15, 0.2) is 42.6 Å². The number of nitrogens with zero attached hydrogens (tertiary/aromatic N) is 1. The van der Waals surface area contributed by atoms with Crippen LogP contribution in [0.1, 0.15) is 12.5 Å². The van der Waals surface area contributed by atoms with Crippen molar-refractivity contribution in [2.24, 2.45) is 5.73 Å². The molecule has 0 aliphatic carbocycles. The van der Waals surface area contributed by atoms with Crippen molar-refractivity contribution in [3.8, 4) is 17.4 Å². The summed E-state index contributed by atoms with van der Waals surface area (Å²) in [6.45, 7) is 3.00. The minimum atomic E-state index is 0.403. The van der Waals surface area contributed by atoms with Gasteiger partial charge in [-0.25, -0.2) is 4.98 Å². The van der Waals surface area contributed by atoms with Crippen LogP contribution in [0.25, 0.3) is 0 Å². The normalized spacial score (nSPS) is 10.1. The second-order valence-corrected chi connectivity index (χ2v) is 3.68. The average molecular weight is 244 g/mol. The van der Waals surface area contributed by atoms with Crippen LogP contribution in [0.4, 0.5) is 0 Å². The first-order valence-electron chi connectivity index (χ1n) is 5.88. The van der Waals surface area contributed by atoms with E-state index in [0.717, 1.165) is 11.3 Å². The Morgan fingerprint density at radius 3 is 2.50 bits per heavy atom. The van der Waals surface area contributed by atoms with Crippen LogP contribution in [-0.2, 0) is 6.54 Å². The van der Waals surface area contributed by atoms with E-state index in [1.807, 2.05) is 43.3 Å². The van der Waals surface area contributed by atoms with Gasteiger partial charge < -0.3 is 15.2 Å². The SMILES string of the molecule is CCOc1ccc(Oc2ncccc2CN)cc1. The molecule has 0 amide bonds. The molecule has 1 aromatic heterocycles. The van der Waals surface area contributed by atoms with Gasteiger partial charge in [-0.3, -0.25) is 0 Å². The molecule has 0 saturated carbocycles. The molecule has 0 aliphatic heterocycles. The lowest BCUT2D eigenvalue weighted by atomic mass is 10.2. The fourth-order valence-electron chi connectivity index (χ4n) is 1.55. The Morgan fingerprint density at radius 2 is 1.83 bits per heavy atom. The van der Waals surface area contributed by atoms with Crippen molar-refractivity contribution in [3.63, 3.8) is 0 Å². The molecule has 1 heterocycles. The van der Waals surface area contributed by atoms with Crippen molar-refractivity contribution in [2.45, 2.75) is 13.5 Å². The van der Waals surface area contributed by atoms with Crippen LogP contribution < -0.4 is 15.2 Å². The second-order valence-electron chi connectivity index (χ2n) is 3.68. The highest BCUT2D eigenvalue weighted by atomic mass is 16.5. The number of ether oxygens (including phenoxy) is 2. The second kappa shape index (κ2) is 6.02. The molecule has 0 aliphatic rings. The largest absolute Gasteiger partial charge is 0.494 e. The Balaban J connectivity index is 2.13. The minimum Gasteiger partial charge on any atom is -0.494 e. The summed E-state index contributed by atoms with van der Waals surface area (Å²) in [6.07, 6.45) is 1.68. The highest BCUT2D eigenvalue weighted by Gasteiger charge is 2.04. The molecule has 94 valence electrons. The number of nitrogens with two attached hydrogens (primary N) is 1. The van der Waals surface area contributed by atoms with E-state index in [2.05, 4.69) is 4.98 Å². The fourth-order valence-corrected chi connectivity index (χ4v) is 1.55. The number of benzene rings is 1. The first kappa shape index (κ1) is 12.4. The topological polar surface area (TPSA) is 57.4 Å². The first-order valence-corrected chi connectivity index (χ1v) is 5.88. The van der Waals surface area contributed by atoms with Crippen LogP contribution in [0.5, 0.6) is 17.4 Å². The van der Waals surface area contributed by atoms with Gasteiger partial charge in [-0.15, -0.1) is 0 Å². The van der Waals surface area contributed by atoms with Crippen LogP contribution >= 0.6 is 0 Å². The predicted molar refractivity (Wildman–Crippen MR) is 69.8 cm³/mol. The summed E-state index contributed by atoms with van der Waals surface area (Å²) in [5.74, 6) is 2.08. The molecule has 0 radical (unpaired) electrons. The van der Waals surface area contributed by atoms with Crippen LogP contribution in [0.3, 0.4) is 0 Å². The van der Waals surface area contributed by atoms with Crippen molar-refractivity contribution in [1.82, 2.24) is 4.98 Å². The number of aromatic nitrogens is 1. The molecule has 1 aromatic carbocycles. The third-order valence-electron chi connectivity index (χ3n) is 2.42. The van der Waals surface area contributed by atoms with Crippen molar-refractivity contribution >= 4 is 0 Å². The van der Waals surface area contributed by atoms with Crippen molar-refractivity contribution in [1.29, 1.82) is 0 Å². The van der Waals surface area contributed by atoms with Gasteiger partial charge in [-0.05, 0) is 37.3 Å². The summed E-state index contributed by atoms with van der Waals surface area (Å²) in [6, 6.07) is 11.2. The molecule has 18 heavy (non-hydrogen) atoms. The van der Waals surface area contributed by atoms with Gasteiger partial charge in [0.2, 0.25) is 5.88 Å². The van der Waals surface area contributed by atoms with E-state index in [0.29, 0.717) is 24.8 Å².